The number of furan rings is 1. The van der Waals surface area contributed by atoms with Crippen LogP contribution in [-0.4, -0.2) is 20.9 Å². The van der Waals surface area contributed by atoms with E-state index in [1.165, 1.54) is 30.3 Å². The lowest BCUT2D eigenvalue weighted by Gasteiger charge is -2.12. The molecular formula is C21H15N3O6. The van der Waals surface area contributed by atoms with E-state index in [0.29, 0.717) is 22.2 Å². The van der Waals surface area contributed by atoms with Crippen molar-refractivity contribution < 1.29 is 18.9 Å². The highest BCUT2D eigenvalue weighted by molar-refractivity contribution is 5.87. The number of aromatic amines is 1. The van der Waals surface area contributed by atoms with E-state index < -0.39 is 17.0 Å². The average molecular weight is 405 g/mol. The lowest BCUT2D eigenvalue weighted by molar-refractivity contribution is -0.384. The van der Waals surface area contributed by atoms with Crippen molar-refractivity contribution in [3.05, 3.63) is 92.7 Å². The lowest BCUT2D eigenvalue weighted by atomic mass is 10.1. The third-order valence-corrected chi connectivity index (χ3v) is 4.47. The Hall–Kier alpha value is -4.27. The Bertz CT molecular complexity index is 1310. The summed E-state index contributed by atoms with van der Waals surface area (Å²) in [5.74, 6) is -0.194. The van der Waals surface area contributed by atoms with E-state index in [2.05, 4.69) is 9.97 Å². The second kappa shape index (κ2) is 7.63. The molecule has 0 fully saturated rings. The lowest BCUT2D eigenvalue weighted by Crippen LogP contribution is -2.17. The summed E-state index contributed by atoms with van der Waals surface area (Å²) in [7, 11) is 0. The van der Waals surface area contributed by atoms with Gasteiger partial charge >= 0.3 is 5.97 Å². The van der Waals surface area contributed by atoms with Gasteiger partial charge in [0.1, 0.15) is 5.76 Å². The maximum Gasteiger partial charge on any atom is 0.374 e. The summed E-state index contributed by atoms with van der Waals surface area (Å²) in [5, 5.41) is 11.2. The molecule has 2 heterocycles. The largest absolute Gasteiger partial charge is 0.449 e. The molecule has 1 N–H and O–H groups in total. The van der Waals surface area contributed by atoms with Crippen molar-refractivity contribution in [1.29, 1.82) is 0 Å². The average Bonchev–Trinajstić information content (AvgIpc) is 3.24. The van der Waals surface area contributed by atoms with Gasteiger partial charge in [-0.3, -0.25) is 14.9 Å². The SMILES string of the molecule is C[C@H](OC(=O)c1ccc(-c2ccc([N+](=O)[O-])cc2)o1)c1nc2ccccc2c(=O)[nH]1. The Kier molecular flexibility index (Phi) is 4.85. The minimum absolute atomic E-state index is 0.0432. The molecule has 2 aromatic carbocycles. The molecule has 4 aromatic rings. The molecule has 0 spiro atoms. The van der Waals surface area contributed by atoms with Crippen LogP contribution in [0.4, 0.5) is 5.69 Å². The van der Waals surface area contributed by atoms with Gasteiger partial charge < -0.3 is 14.1 Å². The third kappa shape index (κ3) is 3.68. The molecule has 0 aliphatic heterocycles. The second-order valence-corrected chi connectivity index (χ2v) is 6.48. The van der Waals surface area contributed by atoms with E-state index in [9.17, 15) is 19.7 Å². The maximum absolute atomic E-state index is 12.4. The van der Waals surface area contributed by atoms with Crippen molar-refractivity contribution in [3.63, 3.8) is 0 Å². The van der Waals surface area contributed by atoms with Crippen molar-refractivity contribution in [2.24, 2.45) is 0 Å². The minimum Gasteiger partial charge on any atom is -0.449 e. The standard InChI is InChI=1S/C21H15N3O6/c1-12(19-22-16-5-3-2-4-15(16)20(25)23-19)29-21(26)18-11-10-17(30-18)13-6-8-14(9-7-13)24(27)28/h2-12H,1H3,(H,22,23,25)/t12-/m0/s1. The number of H-pyrrole nitrogens is 1. The first-order valence-electron chi connectivity index (χ1n) is 8.97. The first-order valence-corrected chi connectivity index (χ1v) is 8.97. The number of non-ortho nitro benzene ring substituents is 1. The Morgan fingerprint density at radius 1 is 1.13 bits per heavy atom. The number of fused-ring (bicyclic) bond motifs is 1. The molecule has 1 atom stereocenters. The Morgan fingerprint density at radius 2 is 1.87 bits per heavy atom. The van der Waals surface area contributed by atoms with E-state index in [1.807, 2.05) is 0 Å². The monoisotopic (exact) mass is 405 g/mol. The number of benzene rings is 2. The number of aromatic nitrogens is 2. The summed E-state index contributed by atoms with van der Waals surface area (Å²) >= 11 is 0. The summed E-state index contributed by atoms with van der Waals surface area (Å²) in [6.45, 7) is 1.59. The topological polar surface area (TPSA) is 128 Å². The molecule has 4 rings (SSSR count). The number of para-hydroxylation sites is 1. The van der Waals surface area contributed by atoms with Crippen molar-refractivity contribution in [2.45, 2.75) is 13.0 Å². The number of ether oxygens (including phenoxy) is 1. The zero-order valence-electron chi connectivity index (χ0n) is 15.7. The van der Waals surface area contributed by atoms with Gasteiger partial charge in [0.2, 0.25) is 5.76 Å². The van der Waals surface area contributed by atoms with Crippen LogP contribution >= 0.6 is 0 Å². The molecule has 0 unspecified atom stereocenters. The number of nitro groups is 1. The van der Waals surface area contributed by atoms with Gasteiger partial charge in [-0.05, 0) is 43.3 Å². The van der Waals surface area contributed by atoms with Gasteiger partial charge in [0.25, 0.3) is 11.2 Å². The summed E-state index contributed by atoms with van der Waals surface area (Å²) < 4.78 is 10.9. The molecule has 2 aromatic heterocycles. The van der Waals surface area contributed by atoms with Crippen LogP contribution in [0, 0.1) is 10.1 Å². The van der Waals surface area contributed by atoms with Crippen LogP contribution in [0.2, 0.25) is 0 Å². The third-order valence-electron chi connectivity index (χ3n) is 4.47. The van der Waals surface area contributed by atoms with E-state index >= 15 is 0 Å². The molecule has 0 aliphatic rings. The molecule has 0 radical (unpaired) electrons. The van der Waals surface area contributed by atoms with Gasteiger partial charge in [0.05, 0.1) is 15.8 Å². The van der Waals surface area contributed by atoms with Crippen molar-refractivity contribution in [1.82, 2.24) is 9.97 Å². The molecule has 9 nitrogen and oxygen atoms in total. The molecule has 0 saturated heterocycles. The zero-order chi connectivity index (χ0) is 21.3. The van der Waals surface area contributed by atoms with E-state index in [1.54, 1.807) is 37.3 Å². The van der Waals surface area contributed by atoms with Gasteiger partial charge in [-0.2, -0.15) is 0 Å². The highest BCUT2D eigenvalue weighted by Crippen LogP contribution is 2.26. The molecule has 30 heavy (non-hydrogen) atoms. The molecule has 0 saturated carbocycles. The number of carbonyl (C=O) groups is 1. The van der Waals surface area contributed by atoms with Crippen molar-refractivity contribution >= 4 is 22.6 Å². The normalized spacial score (nSPS) is 11.9. The van der Waals surface area contributed by atoms with Crippen LogP contribution in [-0.2, 0) is 4.74 Å². The molecule has 9 heteroatoms. The predicted molar refractivity (Wildman–Crippen MR) is 107 cm³/mol. The Morgan fingerprint density at radius 3 is 2.60 bits per heavy atom. The quantitative estimate of drug-likeness (QED) is 0.302. The fourth-order valence-electron chi connectivity index (χ4n) is 2.92. The Balaban J connectivity index is 1.52. The van der Waals surface area contributed by atoms with Gasteiger partial charge in [-0.15, -0.1) is 0 Å². The molecule has 0 aliphatic carbocycles. The highest BCUT2D eigenvalue weighted by atomic mass is 16.6. The van der Waals surface area contributed by atoms with Gasteiger partial charge in [0, 0.05) is 17.7 Å². The van der Waals surface area contributed by atoms with Crippen LogP contribution in [0.3, 0.4) is 0 Å². The van der Waals surface area contributed by atoms with E-state index in [-0.39, 0.29) is 22.8 Å². The Labute approximate surface area is 169 Å². The molecule has 150 valence electrons. The first-order chi connectivity index (χ1) is 14.4. The number of nitrogens with one attached hydrogen (secondary N) is 1. The number of carbonyl (C=O) groups excluding carboxylic acids is 1. The number of esters is 1. The van der Waals surface area contributed by atoms with Gasteiger partial charge in [0.15, 0.2) is 11.9 Å². The summed E-state index contributed by atoms with van der Waals surface area (Å²) in [6, 6.07) is 15.6. The van der Waals surface area contributed by atoms with Crippen LogP contribution in [0.25, 0.3) is 22.2 Å². The summed E-state index contributed by atoms with van der Waals surface area (Å²) in [5.41, 5.74) is 0.707. The van der Waals surface area contributed by atoms with Crippen LogP contribution < -0.4 is 5.56 Å². The second-order valence-electron chi connectivity index (χ2n) is 6.48. The smallest absolute Gasteiger partial charge is 0.374 e. The van der Waals surface area contributed by atoms with Crippen molar-refractivity contribution in [2.75, 3.05) is 0 Å². The highest BCUT2D eigenvalue weighted by Gasteiger charge is 2.20. The number of rotatable bonds is 5. The predicted octanol–water partition coefficient (Wildman–Crippen LogP) is 4.01. The van der Waals surface area contributed by atoms with Crippen LogP contribution in [0.1, 0.15) is 29.4 Å². The van der Waals surface area contributed by atoms with Crippen LogP contribution in [0.5, 0.6) is 0 Å². The summed E-state index contributed by atoms with van der Waals surface area (Å²) in [4.78, 5) is 41.8. The van der Waals surface area contributed by atoms with Crippen molar-refractivity contribution in [3.8, 4) is 11.3 Å². The molecule has 0 amide bonds. The number of hydrogen-bond donors (Lipinski definition) is 1. The van der Waals surface area contributed by atoms with E-state index in [0.717, 1.165) is 0 Å². The zero-order valence-corrected chi connectivity index (χ0v) is 15.7. The molecule has 0 bridgehead atoms. The minimum atomic E-state index is -0.817. The maximum atomic E-state index is 12.4. The summed E-state index contributed by atoms with van der Waals surface area (Å²) in [6.07, 6.45) is -0.817. The number of hydrogen-bond acceptors (Lipinski definition) is 7. The fraction of sp³-hybridized carbons (Fsp3) is 0.0952. The fourth-order valence-corrected chi connectivity index (χ4v) is 2.92. The number of nitrogens with zero attached hydrogens (tertiary/aromatic N) is 2. The van der Waals surface area contributed by atoms with Crippen LogP contribution in [0.15, 0.2) is 69.9 Å². The first kappa shape index (κ1) is 19.1. The van der Waals surface area contributed by atoms with Gasteiger partial charge in [-0.25, -0.2) is 9.78 Å². The molecular weight excluding hydrogens is 390 g/mol. The van der Waals surface area contributed by atoms with Gasteiger partial charge in [-0.1, -0.05) is 12.1 Å². The van der Waals surface area contributed by atoms with E-state index in [4.69, 9.17) is 9.15 Å². The number of nitro benzene ring substituents is 1.